The minimum atomic E-state index is -0.298. The zero-order chi connectivity index (χ0) is 18.8. The normalized spacial score (nSPS) is 12.1. The summed E-state index contributed by atoms with van der Waals surface area (Å²) in [6.07, 6.45) is 1.88. The Hall–Kier alpha value is -2.69. The zero-order valence-electron chi connectivity index (χ0n) is 14.1. The largest absolute Gasteiger partial charge is 0.346 e. The predicted octanol–water partition coefficient (Wildman–Crippen LogP) is 2.64. The van der Waals surface area contributed by atoms with Gasteiger partial charge in [0.2, 0.25) is 0 Å². The van der Waals surface area contributed by atoms with Crippen LogP contribution in [0, 0.1) is 0 Å². The summed E-state index contributed by atoms with van der Waals surface area (Å²) in [5.74, 6) is 0. The second kappa shape index (κ2) is 7.51. The monoisotopic (exact) mass is 402 g/mol. The first-order valence-corrected chi connectivity index (χ1v) is 9.68. The number of rotatable bonds is 6. The SMILES string of the molecule is NC/C(=C\F)Cn1ncn(Cc2ccc(-c3ccc4snnc4c3)s2)c1=O. The zero-order valence-corrected chi connectivity index (χ0v) is 15.7. The van der Waals surface area contributed by atoms with E-state index >= 15 is 0 Å². The van der Waals surface area contributed by atoms with Crippen molar-refractivity contribution in [2.75, 3.05) is 6.54 Å². The average molecular weight is 402 g/mol. The first kappa shape index (κ1) is 17.7. The predicted molar refractivity (Wildman–Crippen MR) is 105 cm³/mol. The molecule has 27 heavy (non-hydrogen) atoms. The number of benzene rings is 1. The van der Waals surface area contributed by atoms with Gasteiger partial charge in [-0.2, -0.15) is 5.10 Å². The van der Waals surface area contributed by atoms with Gasteiger partial charge < -0.3 is 5.73 Å². The van der Waals surface area contributed by atoms with E-state index in [0.29, 0.717) is 18.4 Å². The molecule has 3 aromatic heterocycles. The first-order chi connectivity index (χ1) is 13.2. The number of halogens is 1. The molecule has 10 heteroatoms. The molecule has 0 radical (unpaired) electrons. The van der Waals surface area contributed by atoms with Crippen molar-refractivity contribution in [3.63, 3.8) is 0 Å². The quantitative estimate of drug-likeness (QED) is 0.535. The van der Waals surface area contributed by atoms with Gasteiger partial charge in [0.05, 0.1) is 24.1 Å². The molecule has 0 aliphatic heterocycles. The summed E-state index contributed by atoms with van der Waals surface area (Å²) in [5, 5.41) is 8.14. The van der Waals surface area contributed by atoms with E-state index in [1.54, 1.807) is 11.3 Å². The van der Waals surface area contributed by atoms with Gasteiger partial charge in [-0.05, 0) is 46.9 Å². The Morgan fingerprint density at radius 2 is 2.19 bits per heavy atom. The van der Waals surface area contributed by atoms with Crippen LogP contribution in [0.4, 0.5) is 4.39 Å². The van der Waals surface area contributed by atoms with E-state index in [-0.39, 0.29) is 18.8 Å². The van der Waals surface area contributed by atoms with Crippen molar-refractivity contribution in [2.45, 2.75) is 13.1 Å². The maximum absolute atomic E-state index is 12.7. The van der Waals surface area contributed by atoms with E-state index in [0.717, 1.165) is 25.5 Å². The fourth-order valence-corrected chi connectivity index (χ4v) is 4.19. The lowest BCUT2D eigenvalue weighted by Crippen LogP contribution is -2.26. The molecule has 0 unspecified atom stereocenters. The number of fused-ring (bicyclic) bond motifs is 1. The van der Waals surface area contributed by atoms with Crippen LogP contribution in [0.25, 0.3) is 20.7 Å². The summed E-state index contributed by atoms with van der Waals surface area (Å²) in [6, 6.07) is 10.1. The van der Waals surface area contributed by atoms with Crippen molar-refractivity contribution >= 4 is 33.1 Å². The molecule has 4 aromatic rings. The minimum Gasteiger partial charge on any atom is -0.327 e. The van der Waals surface area contributed by atoms with Gasteiger partial charge in [0.25, 0.3) is 0 Å². The molecular formula is C17H15FN6OS2. The van der Waals surface area contributed by atoms with Crippen molar-refractivity contribution in [2.24, 2.45) is 5.73 Å². The molecule has 0 saturated heterocycles. The van der Waals surface area contributed by atoms with E-state index < -0.39 is 0 Å². The summed E-state index contributed by atoms with van der Waals surface area (Å²) in [7, 11) is 0. The third-order valence-corrected chi connectivity index (χ3v) is 5.91. The maximum Gasteiger partial charge on any atom is 0.346 e. The molecule has 0 fully saturated rings. The van der Waals surface area contributed by atoms with Gasteiger partial charge in [-0.25, -0.2) is 13.9 Å². The molecule has 4 rings (SSSR count). The molecule has 3 heterocycles. The van der Waals surface area contributed by atoms with Crippen LogP contribution in [0.2, 0.25) is 0 Å². The molecular weight excluding hydrogens is 387 g/mol. The fourth-order valence-electron chi connectivity index (χ4n) is 2.64. The number of nitrogens with two attached hydrogens (primary N) is 1. The number of thiophene rings is 1. The van der Waals surface area contributed by atoms with Gasteiger partial charge in [-0.3, -0.25) is 4.57 Å². The maximum atomic E-state index is 12.7. The Morgan fingerprint density at radius 1 is 1.30 bits per heavy atom. The molecule has 0 spiro atoms. The molecule has 0 amide bonds. The molecule has 0 bridgehead atoms. The van der Waals surface area contributed by atoms with Crippen LogP contribution in [-0.2, 0) is 13.1 Å². The molecule has 0 aliphatic rings. The van der Waals surface area contributed by atoms with Crippen LogP contribution in [0.3, 0.4) is 0 Å². The molecule has 138 valence electrons. The third-order valence-electron chi connectivity index (χ3n) is 4.09. The van der Waals surface area contributed by atoms with Gasteiger partial charge in [0.1, 0.15) is 11.8 Å². The Labute approximate surface area is 161 Å². The topological polar surface area (TPSA) is 91.6 Å². The summed E-state index contributed by atoms with van der Waals surface area (Å²) >= 11 is 2.97. The Bertz CT molecular complexity index is 1170. The second-order valence-electron chi connectivity index (χ2n) is 5.89. The van der Waals surface area contributed by atoms with Gasteiger partial charge in [0.15, 0.2) is 0 Å². The number of hydrogen-bond donors (Lipinski definition) is 1. The Kier molecular flexibility index (Phi) is 4.92. The van der Waals surface area contributed by atoms with Gasteiger partial charge >= 0.3 is 5.69 Å². The highest BCUT2D eigenvalue weighted by atomic mass is 32.1. The highest BCUT2D eigenvalue weighted by Gasteiger charge is 2.10. The number of nitrogens with zero attached hydrogens (tertiary/aromatic N) is 5. The summed E-state index contributed by atoms with van der Waals surface area (Å²) in [6.45, 7) is 0.500. The highest BCUT2D eigenvalue weighted by Crippen LogP contribution is 2.30. The summed E-state index contributed by atoms with van der Waals surface area (Å²) < 4.78 is 20.4. The van der Waals surface area contributed by atoms with Crippen LogP contribution >= 0.6 is 22.9 Å². The lowest BCUT2D eigenvalue weighted by Gasteiger charge is -2.01. The highest BCUT2D eigenvalue weighted by molar-refractivity contribution is 7.15. The average Bonchev–Trinajstić information content (AvgIpc) is 3.41. The van der Waals surface area contributed by atoms with Crippen molar-refractivity contribution in [3.05, 3.63) is 63.9 Å². The minimum absolute atomic E-state index is 0.0446. The van der Waals surface area contributed by atoms with Gasteiger partial charge in [0, 0.05) is 16.3 Å². The third kappa shape index (κ3) is 3.59. The second-order valence-corrected chi connectivity index (χ2v) is 7.85. The molecule has 0 atom stereocenters. The van der Waals surface area contributed by atoms with E-state index in [2.05, 4.69) is 14.7 Å². The van der Waals surface area contributed by atoms with Crippen LogP contribution in [0.5, 0.6) is 0 Å². The molecule has 1 aromatic carbocycles. The van der Waals surface area contributed by atoms with Crippen LogP contribution < -0.4 is 11.4 Å². The lowest BCUT2D eigenvalue weighted by atomic mass is 10.2. The number of aromatic nitrogens is 5. The van der Waals surface area contributed by atoms with Crippen molar-refractivity contribution in [1.82, 2.24) is 23.9 Å². The smallest absolute Gasteiger partial charge is 0.327 e. The molecule has 0 saturated carbocycles. The van der Waals surface area contributed by atoms with E-state index in [1.807, 2.05) is 30.3 Å². The van der Waals surface area contributed by atoms with E-state index in [1.165, 1.54) is 27.1 Å². The Balaban J connectivity index is 1.54. The van der Waals surface area contributed by atoms with Crippen molar-refractivity contribution in [1.29, 1.82) is 0 Å². The number of hydrogen-bond acceptors (Lipinski definition) is 7. The van der Waals surface area contributed by atoms with Crippen LogP contribution in [0.1, 0.15) is 4.88 Å². The van der Waals surface area contributed by atoms with E-state index in [9.17, 15) is 9.18 Å². The molecule has 7 nitrogen and oxygen atoms in total. The van der Waals surface area contributed by atoms with Crippen molar-refractivity contribution < 1.29 is 4.39 Å². The van der Waals surface area contributed by atoms with E-state index in [4.69, 9.17) is 5.73 Å². The molecule has 2 N–H and O–H groups in total. The first-order valence-electron chi connectivity index (χ1n) is 8.09. The standard InChI is InChI=1S/C17H15FN6OS2/c18-6-11(7-19)8-24-17(25)23(10-20-24)9-13-2-4-15(26-13)12-1-3-16-14(5-12)21-22-27-16/h1-6,10H,7-9,19H2/b11-6+. The summed E-state index contributed by atoms with van der Waals surface area (Å²) in [4.78, 5) is 14.5. The van der Waals surface area contributed by atoms with Crippen LogP contribution in [0.15, 0.2) is 53.4 Å². The Morgan fingerprint density at radius 3 is 3.00 bits per heavy atom. The fraction of sp³-hybridized carbons (Fsp3) is 0.176. The lowest BCUT2D eigenvalue weighted by molar-refractivity contribution is 0.604. The van der Waals surface area contributed by atoms with Gasteiger partial charge in [-0.1, -0.05) is 10.6 Å². The summed E-state index contributed by atoms with van der Waals surface area (Å²) in [5.41, 5.74) is 7.39. The van der Waals surface area contributed by atoms with Crippen molar-refractivity contribution in [3.8, 4) is 10.4 Å². The van der Waals surface area contributed by atoms with Crippen LogP contribution in [-0.4, -0.2) is 30.5 Å². The molecule has 0 aliphatic carbocycles. The van der Waals surface area contributed by atoms with Gasteiger partial charge in [-0.15, -0.1) is 16.4 Å².